The number of para-hydroxylation sites is 3. The van der Waals surface area contributed by atoms with E-state index in [1.807, 2.05) is 0 Å². The molecule has 298 valence electrons. The number of hydrogen-bond donors (Lipinski definition) is 0. The third-order valence-corrected chi connectivity index (χ3v) is 15.8. The van der Waals surface area contributed by atoms with Crippen molar-refractivity contribution in [3.63, 3.8) is 0 Å². The topological polar surface area (TPSA) is 26.6 Å². The van der Waals surface area contributed by atoms with Gasteiger partial charge in [0.05, 0.1) is 19.2 Å². The minimum absolute atomic E-state index is 0. The Kier molecular flexibility index (Phi) is 9.50. The maximum atomic E-state index is 5.88. The van der Waals surface area contributed by atoms with Crippen molar-refractivity contribution in [2.45, 2.75) is 39.3 Å². The van der Waals surface area contributed by atoms with E-state index in [9.17, 15) is 0 Å². The van der Waals surface area contributed by atoms with Crippen molar-refractivity contribution in [3.05, 3.63) is 194 Å². The largest absolute Gasteiger partial charge is 0.449 e. The summed E-state index contributed by atoms with van der Waals surface area (Å²) in [5, 5.41) is 4.81. The number of imidazole rings is 1. The molecule has 0 radical (unpaired) electrons. The van der Waals surface area contributed by atoms with Crippen LogP contribution >= 0.6 is 0 Å². The van der Waals surface area contributed by atoms with Gasteiger partial charge in [-0.1, -0.05) is 166 Å². The number of rotatable bonds is 3. The molecule has 0 amide bonds. The molecular formula is C54H43BN4PtSi-2. The molecule has 0 spiro atoms. The molecule has 3 aromatic heterocycles. The Bertz CT molecular complexity index is 3230. The number of fused-ring (bicyclic) bond motifs is 15. The summed E-state index contributed by atoms with van der Waals surface area (Å²) < 4.78 is 6.93. The van der Waals surface area contributed by atoms with E-state index in [1.165, 1.54) is 26.7 Å². The molecule has 0 N–H and O–H groups in total. The number of hydrogen-bond acceptors (Lipinski definition) is 1. The molecule has 0 fully saturated rings. The molecule has 0 unspecified atom stereocenters. The van der Waals surface area contributed by atoms with Crippen LogP contribution in [0.5, 0.6) is 0 Å². The third kappa shape index (κ3) is 6.38. The van der Waals surface area contributed by atoms with Gasteiger partial charge < -0.3 is 13.6 Å². The molecule has 61 heavy (non-hydrogen) atoms. The van der Waals surface area contributed by atoms with Gasteiger partial charge in [-0.25, -0.2) is 4.98 Å². The SMILES string of the molecule is CC(C)(C)c1cc2nc(c1)-n1c3[c-]c(ccc3c3ccccc31)[Si](C)(C)c1[c-]c(ccc1)-n1[c-][n+](c3ccccc31)B2c1c(-c2ccccc2)cccc1-c1ccccc1.[Pt]. The van der Waals surface area contributed by atoms with Crippen molar-refractivity contribution in [1.29, 1.82) is 0 Å². The molecule has 7 heteroatoms. The summed E-state index contributed by atoms with van der Waals surface area (Å²) in [4.78, 5) is 5.88. The second-order valence-electron chi connectivity index (χ2n) is 17.6. The van der Waals surface area contributed by atoms with Crippen LogP contribution < -0.4 is 25.9 Å². The zero-order valence-corrected chi connectivity index (χ0v) is 38.1. The van der Waals surface area contributed by atoms with Crippen LogP contribution in [0.15, 0.2) is 170 Å². The smallest absolute Gasteiger partial charge is 0.370 e. The van der Waals surface area contributed by atoms with Crippen LogP contribution in [0.4, 0.5) is 0 Å². The van der Waals surface area contributed by atoms with E-state index in [-0.39, 0.29) is 26.5 Å². The molecule has 0 saturated carbocycles. The van der Waals surface area contributed by atoms with Crippen molar-refractivity contribution < 1.29 is 25.5 Å². The third-order valence-electron chi connectivity index (χ3n) is 12.6. The fourth-order valence-electron chi connectivity index (χ4n) is 9.28. The van der Waals surface area contributed by atoms with Crippen LogP contribution in [-0.4, -0.2) is 29.0 Å². The summed E-state index contributed by atoms with van der Waals surface area (Å²) >= 11 is 0. The molecule has 8 bridgehead atoms. The monoisotopic (exact) mass is 981 g/mol. The second kappa shape index (κ2) is 14.8. The van der Waals surface area contributed by atoms with E-state index in [4.69, 9.17) is 4.98 Å². The fraction of sp³-hybridized carbons (Fsp3) is 0.111. The molecule has 4 nitrogen and oxygen atoms in total. The minimum Gasteiger partial charge on any atom is -0.370 e. The van der Waals surface area contributed by atoms with Gasteiger partial charge in [-0.2, -0.15) is 52.8 Å². The molecule has 10 aromatic rings. The average molecular weight is 982 g/mol. The van der Waals surface area contributed by atoms with Crippen molar-refractivity contribution in [2.24, 2.45) is 0 Å². The number of aromatic nitrogens is 4. The van der Waals surface area contributed by atoms with Crippen LogP contribution in [0, 0.1) is 18.5 Å². The van der Waals surface area contributed by atoms with Gasteiger partial charge in [-0.15, -0.1) is 5.39 Å². The van der Waals surface area contributed by atoms with E-state index < -0.39 is 14.9 Å². The van der Waals surface area contributed by atoms with Gasteiger partial charge in [0, 0.05) is 32.1 Å². The van der Waals surface area contributed by atoms with Gasteiger partial charge in [0.2, 0.25) is 6.33 Å². The molecule has 1 aliphatic rings. The van der Waals surface area contributed by atoms with Gasteiger partial charge >= 0.3 is 6.85 Å². The van der Waals surface area contributed by atoms with E-state index in [0.717, 1.165) is 66.9 Å². The molecule has 4 heterocycles. The Morgan fingerprint density at radius 1 is 0.607 bits per heavy atom. The van der Waals surface area contributed by atoms with E-state index in [0.29, 0.717) is 0 Å². The van der Waals surface area contributed by atoms with Gasteiger partial charge in [-0.3, -0.25) is 0 Å². The van der Waals surface area contributed by atoms with Crippen LogP contribution in [0.1, 0.15) is 26.3 Å². The van der Waals surface area contributed by atoms with Crippen LogP contribution in [0.2, 0.25) is 13.1 Å². The Hall–Kier alpha value is -6.07. The second-order valence-corrected chi connectivity index (χ2v) is 22.0. The number of benzene rings is 7. The molecule has 0 aliphatic carbocycles. The molecule has 0 saturated heterocycles. The summed E-state index contributed by atoms with van der Waals surface area (Å²) in [6, 6.07) is 69.7. The average Bonchev–Trinajstić information content (AvgIpc) is 3.82. The summed E-state index contributed by atoms with van der Waals surface area (Å²) in [7, 11) is -2.33. The van der Waals surface area contributed by atoms with Crippen LogP contribution in [0.25, 0.3) is 66.6 Å². The van der Waals surface area contributed by atoms with Crippen molar-refractivity contribution in [1.82, 2.24) is 14.1 Å². The first-order valence-corrected chi connectivity index (χ1v) is 23.9. The normalized spacial score (nSPS) is 13.3. The van der Waals surface area contributed by atoms with Gasteiger partial charge in [0.15, 0.2) is 0 Å². The van der Waals surface area contributed by atoms with Crippen molar-refractivity contribution in [2.75, 3.05) is 0 Å². The first-order chi connectivity index (χ1) is 29.1. The first kappa shape index (κ1) is 39.1. The van der Waals surface area contributed by atoms with Crippen molar-refractivity contribution in [3.8, 4) is 33.8 Å². The molecule has 7 aromatic carbocycles. The minimum atomic E-state index is -2.33. The van der Waals surface area contributed by atoms with Gasteiger partial charge in [-0.05, 0) is 62.3 Å². The molecular weight excluding hydrogens is 939 g/mol. The Morgan fingerprint density at radius 3 is 1.93 bits per heavy atom. The summed E-state index contributed by atoms with van der Waals surface area (Å²) in [5.74, 6) is 0.881. The Balaban J connectivity index is 0.00000445. The summed E-state index contributed by atoms with van der Waals surface area (Å²) in [6.45, 7) is 11.3. The number of pyridine rings is 1. The molecule has 0 atom stereocenters. The predicted octanol–water partition coefficient (Wildman–Crippen LogP) is 9.23. The number of nitrogens with zero attached hydrogens (tertiary/aromatic N) is 4. The maximum Gasteiger partial charge on any atom is 0.449 e. The first-order valence-electron chi connectivity index (χ1n) is 20.9. The fourth-order valence-corrected chi connectivity index (χ4v) is 11.5. The summed E-state index contributed by atoms with van der Waals surface area (Å²) in [5.41, 5.74) is 12.9. The summed E-state index contributed by atoms with van der Waals surface area (Å²) in [6.07, 6.45) is 3.98. The van der Waals surface area contributed by atoms with Crippen LogP contribution in [-0.2, 0) is 26.5 Å². The van der Waals surface area contributed by atoms with Gasteiger partial charge in [0.1, 0.15) is 5.82 Å². The van der Waals surface area contributed by atoms with E-state index >= 15 is 0 Å². The van der Waals surface area contributed by atoms with Crippen LogP contribution in [0.3, 0.4) is 0 Å². The van der Waals surface area contributed by atoms with Gasteiger partial charge in [0.25, 0.3) is 0 Å². The zero-order chi connectivity index (χ0) is 40.8. The predicted molar refractivity (Wildman–Crippen MR) is 252 cm³/mol. The Morgan fingerprint density at radius 2 is 1.23 bits per heavy atom. The molecule has 11 rings (SSSR count). The van der Waals surface area contributed by atoms with E-state index in [1.54, 1.807) is 0 Å². The maximum absolute atomic E-state index is 5.88. The standard InChI is InChI=1S/C54H43BN4Si.Pt/c1-54(2,3)39-32-51-55(53-43(37-18-8-6-9-19-37)25-17-26-44(53)38-20-10-7-11-21-38)58-36-57(48-28-14-15-29-49(48)58)40-22-16-23-41(34-40)60(4,5)42-30-31-46-45-24-12-13-27-47(45)59(50(46)35-42)52(33-39)56-51;/h6-33H,1-5H3;/q-2;. The molecule has 1 aliphatic heterocycles. The zero-order valence-electron chi connectivity index (χ0n) is 34.8. The van der Waals surface area contributed by atoms with Crippen molar-refractivity contribution >= 4 is 69.2 Å². The quantitative estimate of drug-likeness (QED) is 0.128. The van der Waals surface area contributed by atoms with E-state index in [2.05, 4.69) is 236 Å². The Labute approximate surface area is 373 Å².